The molecule has 0 spiro atoms. The first-order valence-corrected chi connectivity index (χ1v) is 24.0. The third kappa shape index (κ3) is 8.89. The highest BCUT2D eigenvalue weighted by Gasteiger charge is 2.71. The second-order valence-electron chi connectivity index (χ2n) is 21.6. The van der Waals surface area contributed by atoms with Crippen LogP contribution in [-0.4, -0.2) is 209 Å². The Morgan fingerprint density at radius 1 is 0.646 bits per heavy atom. The molecule has 65 heavy (non-hydrogen) atoms. The molecule has 13 N–H and O–H groups in total. The average Bonchev–Trinajstić information content (AvgIpc) is 3.72. The van der Waals surface area contributed by atoms with Gasteiger partial charge in [0.15, 0.2) is 24.7 Å². The number of aliphatic hydroxyl groups is 13. The van der Waals surface area contributed by atoms with Gasteiger partial charge >= 0.3 is 0 Å². The highest BCUT2D eigenvalue weighted by Crippen LogP contribution is 2.71. The van der Waals surface area contributed by atoms with Gasteiger partial charge in [0, 0.05) is 23.7 Å². The van der Waals surface area contributed by atoms with Crippen molar-refractivity contribution in [3.05, 3.63) is 0 Å². The lowest BCUT2D eigenvalue weighted by atomic mass is 9.43. The second-order valence-corrected chi connectivity index (χ2v) is 21.6. The van der Waals surface area contributed by atoms with Crippen molar-refractivity contribution in [1.29, 1.82) is 0 Å². The summed E-state index contributed by atoms with van der Waals surface area (Å²) in [5, 5.41) is 137. The summed E-state index contributed by atoms with van der Waals surface area (Å²) in [5.74, 6) is -0.821. The maximum Gasteiger partial charge on any atom is 0.186 e. The van der Waals surface area contributed by atoms with Crippen molar-refractivity contribution >= 4 is 0 Å². The van der Waals surface area contributed by atoms with Crippen molar-refractivity contribution in [1.82, 2.24) is 0 Å². The van der Waals surface area contributed by atoms with Crippen LogP contribution in [-0.2, 0) is 33.2 Å². The van der Waals surface area contributed by atoms with Gasteiger partial charge in [-0.1, -0.05) is 27.7 Å². The van der Waals surface area contributed by atoms with E-state index in [1.54, 1.807) is 0 Å². The van der Waals surface area contributed by atoms with Crippen molar-refractivity contribution in [3.63, 3.8) is 0 Å². The molecule has 8 rings (SSSR count). The summed E-state index contributed by atoms with van der Waals surface area (Å²) in [4.78, 5) is 0. The Balaban J connectivity index is 0.849. The summed E-state index contributed by atoms with van der Waals surface area (Å²) in [7, 11) is 0. The van der Waals surface area contributed by atoms with Crippen LogP contribution in [0.2, 0.25) is 0 Å². The highest BCUT2D eigenvalue weighted by atomic mass is 16.7. The zero-order chi connectivity index (χ0) is 47.1. The Bertz CT molecular complexity index is 1600. The molecule has 20 heteroatoms. The van der Waals surface area contributed by atoms with Gasteiger partial charge in [-0.3, -0.25) is 0 Å². The molecule has 4 aliphatic heterocycles. The summed E-state index contributed by atoms with van der Waals surface area (Å²) in [5.41, 5.74) is -0.576. The smallest absolute Gasteiger partial charge is 0.186 e. The lowest BCUT2D eigenvalue weighted by Gasteiger charge is -2.62. The number of hydrogen-bond donors (Lipinski definition) is 13. The molecule has 4 heterocycles. The van der Waals surface area contributed by atoms with Crippen molar-refractivity contribution < 1.29 is 99.5 Å². The number of hydrogen-bond acceptors (Lipinski definition) is 20. The molecule has 20 nitrogen and oxygen atoms in total. The fourth-order valence-corrected chi connectivity index (χ4v) is 14.0. The minimum absolute atomic E-state index is 0.0639. The van der Waals surface area contributed by atoms with Crippen molar-refractivity contribution in [2.45, 2.75) is 202 Å². The van der Waals surface area contributed by atoms with Gasteiger partial charge in [0.25, 0.3) is 0 Å². The van der Waals surface area contributed by atoms with Crippen LogP contribution >= 0.6 is 0 Å². The fourth-order valence-electron chi connectivity index (χ4n) is 14.0. The third-order valence-corrected chi connectivity index (χ3v) is 18.1. The molecular weight excluding hydrogens is 860 g/mol. The van der Waals surface area contributed by atoms with Crippen LogP contribution in [0.3, 0.4) is 0 Å². The van der Waals surface area contributed by atoms with Gasteiger partial charge in [0.2, 0.25) is 0 Å². The van der Waals surface area contributed by atoms with Crippen molar-refractivity contribution in [2.24, 2.45) is 52.3 Å². The molecule has 0 aromatic carbocycles. The zero-order valence-corrected chi connectivity index (χ0v) is 37.8. The quantitative estimate of drug-likeness (QED) is 0.0829. The molecule has 0 bridgehead atoms. The van der Waals surface area contributed by atoms with E-state index in [2.05, 4.69) is 13.8 Å². The predicted molar refractivity (Wildman–Crippen MR) is 220 cm³/mol. The van der Waals surface area contributed by atoms with Gasteiger partial charge < -0.3 is 99.5 Å². The SMILES string of the molecule is CC(CCC1(O)OC2CC3C4CCC5CC(O[C@@H]6O[C@H](CO[C@@H]7O[C@H](CO)[C@@H](O)[C@H](O)[C@H]7O)[C@H](O)[C@H](O)[C@H]6O)CCC5(C)C4CC(O)C3(C)C2C1C)CO[C@@H]1O[C@H](CO)[C@@H](O)[C@H](O)[C@H]1O. The van der Waals surface area contributed by atoms with Gasteiger partial charge in [-0.05, 0) is 86.4 Å². The first-order chi connectivity index (χ1) is 30.7. The lowest BCUT2D eigenvalue weighted by molar-refractivity contribution is -0.338. The van der Waals surface area contributed by atoms with E-state index in [0.717, 1.165) is 25.7 Å². The summed E-state index contributed by atoms with van der Waals surface area (Å²) in [6.45, 7) is 6.95. The first-order valence-electron chi connectivity index (χ1n) is 24.0. The average molecular weight is 937 g/mol. The molecule has 0 aromatic heterocycles. The normalized spacial score (nSPS) is 56.1. The molecular formula is C45H76O20. The molecule has 13 unspecified atom stereocenters. The van der Waals surface area contributed by atoms with Crippen LogP contribution in [0.5, 0.6) is 0 Å². The molecule has 4 saturated heterocycles. The zero-order valence-electron chi connectivity index (χ0n) is 37.8. The van der Waals surface area contributed by atoms with E-state index < -0.39 is 129 Å². The molecule has 4 saturated carbocycles. The Kier molecular flexibility index (Phi) is 15.1. The predicted octanol–water partition coefficient (Wildman–Crippen LogP) is -2.81. The van der Waals surface area contributed by atoms with E-state index in [9.17, 15) is 66.4 Å². The molecule has 4 aliphatic carbocycles. The Morgan fingerprint density at radius 3 is 1.83 bits per heavy atom. The third-order valence-electron chi connectivity index (χ3n) is 18.1. The fraction of sp³-hybridized carbons (Fsp3) is 1.00. The summed E-state index contributed by atoms with van der Waals surface area (Å²) < 4.78 is 41.2. The molecule has 28 atom stereocenters. The van der Waals surface area contributed by atoms with Crippen LogP contribution in [0.1, 0.15) is 85.5 Å². The standard InChI is InChI=1S/C45H76O20/c1-18(16-59-40-37(55)34(52)31(49)26(14-46)62-40)7-10-45(58)19(2)30-25(65-45)12-24-22-6-5-20-11-21(8-9-43(20,3)23(22)13-29(48)44(24,30)4)61-42-39(57)36(54)33(51)28(64-42)17-60-41-38(56)35(53)32(50)27(15-47)63-41/h18-42,46-58H,5-17H2,1-4H3/t18?,19?,20?,21?,22?,23?,24?,25?,26-,27-,28-,29?,30?,31-,32-,33+,34+,35+,36+,37-,38-,39-,40-,41-,42-,43?,44?,45?/m1/s1. The largest absolute Gasteiger partial charge is 0.394 e. The molecule has 376 valence electrons. The summed E-state index contributed by atoms with van der Waals surface area (Å²) in [6, 6.07) is 0. The Labute approximate surface area is 379 Å². The minimum Gasteiger partial charge on any atom is -0.394 e. The van der Waals surface area contributed by atoms with Crippen LogP contribution < -0.4 is 0 Å². The summed E-state index contributed by atoms with van der Waals surface area (Å²) >= 11 is 0. The van der Waals surface area contributed by atoms with Crippen LogP contribution in [0.25, 0.3) is 0 Å². The van der Waals surface area contributed by atoms with E-state index >= 15 is 0 Å². The van der Waals surface area contributed by atoms with Gasteiger partial charge in [0.1, 0.15) is 73.2 Å². The number of aliphatic hydroxyl groups excluding tert-OH is 12. The van der Waals surface area contributed by atoms with E-state index in [1.807, 2.05) is 13.8 Å². The molecule has 0 radical (unpaired) electrons. The van der Waals surface area contributed by atoms with Gasteiger partial charge in [0.05, 0.1) is 44.7 Å². The minimum atomic E-state index is -1.68. The topological polar surface area (TPSA) is 328 Å². The number of fused-ring (bicyclic) bond motifs is 7. The maximum absolute atomic E-state index is 12.3. The van der Waals surface area contributed by atoms with E-state index in [-0.39, 0.29) is 59.7 Å². The van der Waals surface area contributed by atoms with Gasteiger partial charge in [-0.25, -0.2) is 0 Å². The van der Waals surface area contributed by atoms with Crippen molar-refractivity contribution in [3.8, 4) is 0 Å². The second kappa shape index (κ2) is 19.4. The maximum atomic E-state index is 12.3. The van der Waals surface area contributed by atoms with Crippen molar-refractivity contribution in [2.75, 3.05) is 26.4 Å². The molecule has 8 aliphatic rings. The van der Waals surface area contributed by atoms with Crippen LogP contribution in [0.15, 0.2) is 0 Å². The first kappa shape index (κ1) is 50.6. The lowest BCUT2D eigenvalue weighted by Crippen LogP contribution is -2.62. The highest BCUT2D eigenvalue weighted by molar-refractivity contribution is 5.17. The number of rotatable bonds is 13. The van der Waals surface area contributed by atoms with E-state index in [4.69, 9.17) is 33.2 Å². The van der Waals surface area contributed by atoms with Crippen LogP contribution in [0, 0.1) is 52.3 Å². The van der Waals surface area contributed by atoms with Gasteiger partial charge in [-0.15, -0.1) is 0 Å². The summed E-state index contributed by atoms with van der Waals surface area (Å²) in [6.07, 6.45) is -16.8. The Hall–Kier alpha value is -0.800. The van der Waals surface area contributed by atoms with Crippen LogP contribution in [0.4, 0.5) is 0 Å². The molecule has 8 fully saturated rings. The van der Waals surface area contributed by atoms with E-state index in [1.165, 1.54) is 0 Å². The van der Waals surface area contributed by atoms with E-state index in [0.29, 0.717) is 38.0 Å². The Morgan fingerprint density at radius 2 is 1.22 bits per heavy atom. The molecule has 0 amide bonds. The monoisotopic (exact) mass is 936 g/mol. The number of ether oxygens (including phenoxy) is 7. The van der Waals surface area contributed by atoms with Gasteiger partial charge in [-0.2, -0.15) is 0 Å². The molecule has 0 aromatic rings.